The highest BCUT2D eigenvalue weighted by molar-refractivity contribution is 7.92. The van der Waals surface area contributed by atoms with Gasteiger partial charge in [0.05, 0.1) is 11.9 Å². The first-order chi connectivity index (χ1) is 19.5. The number of carbonyl (C=O) groups is 2. The van der Waals surface area contributed by atoms with Gasteiger partial charge in [0.1, 0.15) is 12.6 Å². The Kier molecular flexibility index (Phi) is 8.72. The fraction of sp³-hybridized carbons (Fsp3) is 0.562. The number of nitrogens with one attached hydrogen (secondary N) is 1. The number of carbonyl (C=O) groups excluding carboxylic acids is 2. The standard InChI is InChI=1S/C32H42ClN3O4S/c1-4-29(31(38)34-5-2)35(20-25-8-6-7-9-28(25)33)30(37)21-36(41(3,39)40)27-12-10-26(11-13-27)32-17-22-14-23(18-32)16-24(15-22)19-32/h6-13,22-24,29H,4-5,14-21H2,1-3H3,(H,34,38). The van der Waals surface area contributed by atoms with Crippen LogP contribution in [0.25, 0.3) is 0 Å². The number of anilines is 1. The molecule has 7 nitrogen and oxygen atoms in total. The average molecular weight is 600 g/mol. The third kappa shape index (κ3) is 6.29. The first-order valence-electron chi connectivity index (χ1n) is 14.9. The first-order valence-corrected chi connectivity index (χ1v) is 17.1. The molecule has 1 N–H and O–H groups in total. The monoisotopic (exact) mass is 599 g/mol. The van der Waals surface area contributed by atoms with E-state index < -0.39 is 28.5 Å². The number of sulfonamides is 1. The SMILES string of the molecule is CCNC(=O)C(CC)N(Cc1ccccc1Cl)C(=O)CN(c1ccc(C23CC4CC(CC(C4)C2)C3)cc1)S(C)(=O)=O. The van der Waals surface area contributed by atoms with Gasteiger partial charge < -0.3 is 10.2 Å². The fourth-order valence-electron chi connectivity index (χ4n) is 8.08. The molecule has 4 aliphatic carbocycles. The third-order valence-corrected chi connectivity index (χ3v) is 11.0. The van der Waals surface area contributed by atoms with Crippen LogP contribution >= 0.6 is 11.6 Å². The number of halogens is 1. The molecule has 4 aliphatic rings. The number of benzene rings is 2. The largest absolute Gasteiger partial charge is 0.355 e. The Balaban J connectivity index is 1.41. The number of hydrogen-bond donors (Lipinski definition) is 1. The lowest BCUT2D eigenvalue weighted by Crippen LogP contribution is -2.52. The van der Waals surface area contributed by atoms with Crippen LogP contribution in [-0.2, 0) is 31.6 Å². The molecule has 0 spiro atoms. The van der Waals surface area contributed by atoms with Crippen molar-refractivity contribution in [2.75, 3.05) is 23.7 Å². The van der Waals surface area contributed by atoms with Crippen molar-refractivity contribution in [3.8, 4) is 0 Å². The van der Waals surface area contributed by atoms with Crippen LogP contribution in [0.15, 0.2) is 48.5 Å². The van der Waals surface area contributed by atoms with E-state index in [2.05, 4.69) is 17.4 Å². The summed E-state index contributed by atoms with van der Waals surface area (Å²) < 4.78 is 27.2. The minimum atomic E-state index is -3.79. The van der Waals surface area contributed by atoms with Crippen molar-refractivity contribution in [1.29, 1.82) is 0 Å². The third-order valence-electron chi connectivity index (χ3n) is 9.52. The van der Waals surface area contributed by atoms with Crippen molar-refractivity contribution in [3.05, 3.63) is 64.7 Å². The molecule has 0 saturated heterocycles. The quantitative estimate of drug-likeness (QED) is 0.369. The van der Waals surface area contributed by atoms with Gasteiger partial charge in [-0.05, 0) is 104 Å². The summed E-state index contributed by atoms with van der Waals surface area (Å²) in [5, 5.41) is 3.29. The van der Waals surface area contributed by atoms with E-state index in [1.165, 1.54) is 49.0 Å². The second kappa shape index (κ2) is 12.0. The van der Waals surface area contributed by atoms with Crippen LogP contribution in [0, 0.1) is 17.8 Å². The normalized spacial score (nSPS) is 25.5. The molecule has 222 valence electrons. The van der Waals surface area contributed by atoms with Crippen LogP contribution in [0.2, 0.25) is 5.02 Å². The predicted molar refractivity (Wildman–Crippen MR) is 163 cm³/mol. The molecule has 9 heteroatoms. The van der Waals surface area contributed by atoms with Crippen molar-refractivity contribution in [1.82, 2.24) is 10.2 Å². The maximum Gasteiger partial charge on any atom is 0.244 e. The molecule has 1 atom stereocenters. The Morgan fingerprint density at radius 2 is 1.56 bits per heavy atom. The predicted octanol–water partition coefficient (Wildman–Crippen LogP) is 5.52. The zero-order valence-corrected chi connectivity index (χ0v) is 25.9. The Hall–Kier alpha value is -2.58. The zero-order valence-electron chi connectivity index (χ0n) is 24.3. The van der Waals surface area contributed by atoms with Gasteiger partial charge in [0, 0.05) is 18.1 Å². The summed E-state index contributed by atoms with van der Waals surface area (Å²) in [5.41, 5.74) is 2.64. The molecule has 2 aromatic rings. The van der Waals surface area contributed by atoms with Gasteiger partial charge in [0.25, 0.3) is 0 Å². The van der Waals surface area contributed by atoms with Gasteiger partial charge in [-0.15, -0.1) is 0 Å². The molecule has 4 saturated carbocycles. The van der Waals surface area contributed by atoms with E-state index in [9.17, 15) is 18.0 Å². The molecular formula is C32H42ClN3O4S. The van der Waals surface area contributed by atoms with Gasteiger partial charge in [-0.25, -0.2) is 8.42 Å². The number of likely N-dealkylation sites (N-methyl/N-ethyl adjacent to an activating group) is 1. The van der Waals surface area contributed by atoms with Crippen molar-refractivity contribution < 1.29 is 18.0 Å². The van der Waals surface area contributed by atoms with Crippen LogP contribution in [0.3, 0.4) is 0 Å². The van der Waals surface area contributed by atoms with Crippen molar-refractivity contribution in [2.45, 2.75) is 76.8 Å². The Labute approximate surface area is 249 Å². The van der Waals surface area contributed by atoms with Crippen LogP contribution < -0.4 is 9.62 Å². The maximum absolute atomic E-state index is 13.9. The molecule has 0 aliphatic heterocycles. The summed E-state index contributed by atoms with van der Waals surface area (Å²) in [6.45, 7) is 3.77. The molecular weight excluding hydrogens is 558 g/mol. The summed E-state index contributed by atoms with van der Waals surface area (Å²) >= 11 is 6.42. The Morgan fingerprint density at radius 3 is 2.07 bits per heavy atom. The molecule has 2 amide bonds. The topological polar surface area (TPSA) is 86.8 Å². The lowest BCUT2D eigenvalue weighted by molar-refractivity contribution is -0.140. The van der Waals surface area contributed by atoms with E-state index in [1.807, 2.05) is 38.1 Å². The molecule has 4 fully saturated rings. The Bertz CT molecular complexity index is 1340. The van der Waals surface area contributed by atoms with Gasteiger partial charge >= 0.3 is 0 Å². The van der Waals surface area contributed by atoms with Crippen LogP contribution in [0.4, 0.5) is 5.69 Å². The van der Waals surface area contributed by atoms with Crippen LogP contribution in [0.5, 0.6) is 0 Å². The van der Waals surface area contributed by atoms with E-state index in [0.29, 0.717) is 29.2 Å². The number of amides is 2. The molecule has 2 aromatic carbocycles. The van der Waals surface area contributed by atoms with E-state index in [4.69, 9.17) is 11.6 Å². The van der Waals surface area contributed by atoms with Crippen molar-refractivity contribution in [2.24, 2.45) is 17.8 Å². The smallest absolute Gasteiger partial charge is 0.244 e. The first kappa shape index (κ1) is 29.9. The van der Waals surface area contributed by atoms with Crippen molar-refractivity contribution in [3.63, 3.8) is 0 Å². The minimum Gasteiger partial charge on any atom is -0.355 e. The average Bonchev–Trinajstić information content (AvgIpc) is 2.91. The van der Waals surface area contributed by atoms with Gasteiger partial charge in [-0.2, -0.15) is 0 Å². The molecule has 1 unspecified atom stereocenters. The van der Waals surface area contributed by atoms with Crippen LogP contribution in [0.1, 0.15) is 69.9 Å². The fourth-order valence-corrected chi connectivity index (χ4v) is 9.13. The Morgan fingerprint density at radius 1 is 0.976 bits per heavy atom. The molecule has 4 bridgehead atoms. The van der Waals surface area contributed by atoms with Gasteiger partial charge in [0.15, 0.2) is 0 Å². The summed E-state index contributed by atoms with van der Waals surface area (Å²) in [4.78, 5) is 28.3. The summed E-state index contributed by atoms with van der Waals surface area (Å²) in [5.74, 6) is 1.70. The minimum absolute atomic E-state index is 0.0940. The van der Waals surface area contributed by atoms with Crippen molar-refractivity contribution >= 4 is 39.1 Å². The molecule has 0 radical (unpaired) electrons. The van der Waals surface area contributed by atoms with E-state index in [1.54, 1.807) is 12.1 Å². The van der Waals surface area contributed by atoms with Crippen LogP contribution in [-0.4, -0.2) is 50.5 Å². The molecule has 41 heavy (non-hydrogen) atoms. The van der Waals surface area contributed by atoms with Gasteiger partial charge in [-0.3, -0.25) is 13.9 Å². The summed E-state index contributed by atoms with van der Waals surface area (Å²) in [7, 11) is -3.79. The lowest BCUT2D eigenvalue weighted by Gasteiger charge is -2.57. The second-order valence-corrected chi connectivity index (χ2v) is 14.8. The van der Waals surface area contributed by atoms with Gasteiger partial charge in [-0.1, -0.05) is 48.9 Å². The zero-order chi connectivity index (χ0) is 29.4. The highest BCUT2D eigenvalue weighted by Gasteiger charge is 2.51. The number of nitrogens with zero attached hydrogens (tertiary/aromatic N) is 2. The highest BCUT2D eigenvalue weighted by Crippen LogP contribution is 2.60. The molecule has 0 aromatic heterocycles. The molecule has 6 rings (SSSR count). The lowest BCUT2D eigenvalue weighted by atomic mass is 9.48. The number of hydrogen-bond acceptors (Lipinski definition) is 4. The van der Waals surface area contributed by atoms with E-state index in [0.717, 1.165) is 28.3 Å². The summed E-state index contributed by atoms with van der Waals surface area (Å²) in [6.07, 6.45) is 9.25. The maximum atomic E-state index is 13.9. The highest BCUT2D eigenvalue weighted by atomic mass is 35.5. The second-order valence-electron chi connectivity index (χ2n) is 12.4. The summed E-state index contributed by atoms with van der Waals surface area (Å²) in [6, 6.07) is 14.3. The molecule has 0 heterocycles. The number of rotatable bonds is 11. The van der Waals surface area contributed by atoms with Gasteiger partial charge in [0.2, 0.25) is 21.8 Å². The van der Waals surface area contributed by atoms with E-state index >= 15 is 0 Å². The van der Waals surface area contributed by atoms with E-state index in [-0.39, 0.29) is 17.9 Å².